The molecule has 7 heteroatoms. The summed E-state index contributed by atoms with van der Waals surface area (Å²) < 4.78 is 5.82. The summed E-state index contributed by atoms with van der Waals surface area (Å²) in [5.74, 6) is 0.0452. The van der Waals surface area contributed by atoms with E-state index in [0.717, 1.165) is 54.1 Å². The topological polar surface area (TPSA) is 61.9 Å². The van der Waals surface area contributed by atoms with E-state index in [1.165, 1.54) is 11.3 Å². The largest absolute Gasteiger partial charge is 0.377 e. The van der Waals surface area contributed by atoms with Crippen molar-refractivity contribution in [2.45, 2.75) is 51.7 Å². The number of hydrogen-bond donors (Lipinski definition) is 1. The summed E-state index contributed by atoms with van der Waals surface area (Å²) in [6, 6.07) is 9.69. The number of hydrogen-bond acceptors (Lipinski definition) is 5. The smallest absolute Gasteiger partial charge is 0.264 e. The highest BCUT2D eigenvalue weighted by atomic mass is 32.1. The molecule has 31 heavy (non-hydrogen) atoms. The number of nitrogens with zero attached hydrogens (tertiary/aromatic N) is 2. The van der Waals surface area contributed by atoms with E-state index >= 15 is 0 Å². The van der Waals surface area contributed by atoms with E-state index in [0.29, 0.717) is 19.5 Å². The van der Waals surface area contributed by atoms with E-state index in [1.807, 2.05) is 59.6 Å². The van der Waals surface area contributed by atoms with Crippen LogP contribution in [0.1, 0.15) is 54.3 Å². The van der Waals surface area contributed by atoms with Crippen LogP contribution in [-0.4, -0.2) is 50.1 Å². The molecule has 1 fully saturated rings. The zero-order valence-electron chi connectivity index (χ0n) is 18.7. The molecule has 2 heterocycles. The van der Waals surface area contributed by atoms with Gasteiger partial charge in [-0.1, -0.05) is 19.4 Å². The van der Waals surface area contributed by atoms with Gasteiger partial charge in [0.1, 0.15) is 0 Å². The molecule has 0 spiro atoms. The SMILES string of the molecule is CCCCC(=O)Nc1ccc(N(C)C)c(CN(C[C@@H]2CCCO2)C(=O)c2cccs2)c1. The van der Waals surface area contributed by atoms with Crippen LogP contribution in [-0.2, 0) is 16.1 Å². The lowest BCUT2D eigenvalue weighted by Crippen LogP contribution is -2.37. The minimum Gasteiger partial charge on any atom is -0.377 e. The summed E-state index contributed by atoms with van der Waals surface area (Å²) in [5.41, 5.74) is 2.80. The van der Waals surface area contributed by atoms with Gasteiger partial charge in [0.15, 0.2) is 0 Å². The number of nitrogens with one attached hydrogen (secondary N) is 1. The van der Waals surface area contributed by atoms with E-state index in [4.69, 9.17) is 4.74 Å². The number of carbonyl (C=O) groups is 2. The van der Waals surface area contributed by atoms with Gasteiger partial charge >= 0.3 is 0 Å². The highest BCUT2D eigenvalue weighted by molar-refractivity contribution is 7.12. The van der Waals surface area contributed by atoms with Gasteiger partial charge < -0.3 is 19.9 Å². The summed E-state index contributed by atoms with van der Waals surface area (Å²) in [7, 11) is 3.98. The second kappa shape index (κ2) is 11.3. The zero-order chi connectivity index (χ0) is 22.2. The molecule has 1 aliphatic rings. The van der Waals surface area contributed by atoms with E-state index in [1.54, 1.807) is 0 Å². The Balaban J connectivity index is 1.84. The van der Waals surface area contributed by atoms with Gasteiger partial charge in [-0.3, -0.25) is 9.59 Å². The summed E-state index contributed by atoms with van der Waals surface area (Å²) >= 11 is 1.46. The number of carbonyl (C=O) groups excluding carboxylic acids is 2. The number of benzene rings is 1. The number of unbranched alkanes of at least 4 members (excludes halogenated alkanes) is 1. The lowest BCUT2D eigenvalue weighted by molar-refractivity contribution is -0.116. The summed E-state index contributed by atoms with van der Waals surface area (Å²) in [6.07, 6.45) is 4.46. The molecule has 1 aromatic carbocycles. The fraction of sp³-hybridized carbons (Fsp3) is 0.500. The molecule has 1 aromatic heterocycles. The molecule has 1 atom stereocenters. The lowest BCUT2D eigenvalue weighted by atomic mass is 10.1. The van der Waals surface area contributed by atoms with Crippen LogP contribution in [0.15, 0.2) is 35.7 Å². The van der Waals surface area contributed by atoms with Crippen molar-refractivity contribution in [3.05, 3.63) is 46.2 Å². The molecule has 0 aliphatic carbocycles. The summed E-state index contributed by atoms with van der Waals surface area (Å²) in [5, 5.41) is 4.93. The van der Waals surface area contributed by atoms with Crippen molar-refractivity contribution in [3.63, 3.8) is 0 Å². The second-order valence-corrected chi connectivity index (χ2v) is 9.14. The normalized spacial score (nSPS) is 15.6. The van der Waals surface area contributed by atoms with Crippen molar-refractivity contribution in [3.8, 4) is 0 Å². The van der Waals surface area contributed by atoms with Gasteiger partial charge in [0, 0.05) is 51.6 Å². The fourth-order valence-corrected chi connectivity index (χ4v) is 4.49. The van der Waals surface area contributed by atoms with Crippen LogP contribution in [0.25, 0.3) is 0 Å². The third-order valence-electron chi connectivity index (χ3n) is 5.43. The molecule has 1 saturated heterocycles. The third kappa shape index (κ3) is 6.55. The first-order chi connectivity index (χ1) is 15.0. The molecule has 168 valence electrons. The molecule has 0 bridgehead atoms. The molecule has 1 N–H and O–H groups in total. The van der Waals surface area contributed by atoms with Gasteiger partial charge in [0.2, 0.25) is 5.91 Å². The Bertz CT molecular complexity index is 861. The number of rotatable bonds is 10. The number of anilines is 2. The van der Waals surface area contributed by atoms with Crippen LogP contribution in [0.4, 0.5) is 11.4 Å². The van der Waals surface area contributed by atoms with Crippen LogP contribution in [0.5, 0.6) is 0 Å². The van der Waals surface area contributed by atoms with Gasteiger partial charge in [0.25, 0.3) is 5.91 Å². The van der Waals surface area contributed by atoms with Crippen LogP contribution < -0.4 is 10.2 Å². The Morgan fingerprint density at radius 1 is 1.26 bits per heavy atom. The Morgan fingerprint density at radius 2 is 2.10 bits per heavy atom. The maximum Gasteiger partial charge on any atom is 0.264 e. The van der Waals surface area contributed by atoms with E-state index in [2.05, 4.69) is 12.2 Å². The van der Waals surface area contributed by atoms with Gasteiger partial charge in [0.05, 0.1) is 11.0 Å². The number of thiophene rings is 1. The summed E-state index contributed by atoms with van der Waals surface area (Å²) in [4.78, 5) is 30.1. The molecule has 6 nitrogen and oxygen atoms in total. The van der Waals surface area contributed by atoms with Crippen LogP contribution in [0, 0.1) is 0 Å². The van der Waals surface area contributed by atoms with Gasteiger partial charge in [-0.2, -0.15) is 0 Å². The molecule has 0 radical (unpaired) electrons. The van der Waals surface area contributed by atoms with Crippen LogP contribution in [0.2, 0.25) is 0 Å². The van der Waals surface area contributed by atoms with Crippen molar-refractivity contribution in [2.24, 2.45) is 0 Å². The quantitative estimate of drug-likeness (QED) is 0.575. The first kappa shape index (κ1) is 23.3. The van der Waals surface area contributed by atoms with Crippen LogP contribution in [0.3, 0.4) is 0 Å². The van der Waals surface area contributed by atoms with Crippen molar-refractivity contribution in [2.75, 3.05) is 37.5 Å². The highest BCUT2D eigenvalue weighted by Crippen LogP contribution is 2.27. The standard InChI is InChI=1S/C24H33N3O3S/c1-4-5-10-23(28)25-19-11-12-21(26(2)3)18(15-19)16-27(17-20-8-6-13-30-20)24(29)22-9-7-14-31-22/h7,9,11-12,14-15,20H,4-6,8,10,13,16-17H2,1-3H3,(H,25,28)/t20-/m0/s1. The lowest BCUT2D eigenvalue weighted by Gasteiger charge is -2.28. The van der Waals surface area contributed by atoms with E-state index in [-0.39, 0.29) is 17.9 Å². The second-order valence-electron chi connectivity index (χ2n) is 8.19. The monoisotopic (exact) mass is 443 g/mol. The minimum atomic E-state index is 0.0209. The van der Waals surface area contributed by atoms with Gasteiger partial charge in [-0.15, -0.1) is 11.3 Å². The molecular weight excluding hydrogens is 410 g/mol. The molecular formula is C24H33N3O3S. The average molecular weight is 444 g/mol. The number of ether oxygens (including phenoxy) is 1. The predicted molar refractivity (Wildman–Crippen MR) is 127 cm³/mol. The predicted octanol–water partition coefficient (Wildman–Crippen LogP) is 4.76. The van der Waals surface area contributed by atoms with Crippen molar-refractivity contribution in [1.82, 2.24) is 4.90 Å². The van der Waals surface area contributed by atoms with Crippen LogP contribution >= 0.6 is 11.3 Å². The molecule has 2 aromatic rings. The Hall–Kier alpha value is -2.38. The Labute approximate surface area is 189 Å². The third-order valence-corrected chi connectivity index (χ3v) is 6.29. The van der Waals surface area contributed by atoms with E-state index in [9.17, 15) is 9.59 Å². The van der Waals surface area contributed by atoms with E-state index < -0.39 is 0 Å². The molecule has 3 rings (SSSR count). The molecule has 0 saturated carbocycles. The minimum absolute atomic E-state index is 0.0209. The molecule has 1 aliphatic heterocycles. The first-order valence-electron chi connectivity index (χ1n) is 11.0. The van der Waals surface area contributed by atoms with Gasteiger partial charge in [-0.25, -0.2) is 0 Å². The zero-order valence-corrected chi connectivity index (χ0v) is 19.5. The maximum atomic E-state index is 13.3. The van der Waals surface area contributed by atoms with Crippen molar-refractivity contribution in [1.29, 1.82) is 0 Å². The average Bonchev–Trinajstić information content (AvgIpc) is 3.45. The summed E-state index contributed by atoms with van der Waals surface area (Å²) in [6.45, 7) is 3.86. The fourth-order valence-electron chi connectivity index (χ4n) is 3.80. The Kier molecular flexibility index (Phi) is 8.49. The van der Waals surface area contributed by atoms with Crippen molar-refractivity contribution < 1.29 is 14.3 Å². The molecule has 2 amide bonds. The number of amides is 2. The highest BCUT2D eigenvalue weighted by Gasteiger charge is 2.25. The first-order valence-corrected chi connectivity index (χ1v) is 11.9. The van der Waals surface area contributed by atoms with Crippen molar-refractivity contribution >= 4 is 34.5 Å². The van der Waals surface area contributed by atoms with Gasteiger partial charge in [-0.05, 0) is 54.5 Å². The Morgan fingerprint density at radius 3 is 2.74 bits per heavy atom. The maximum absolute atomic E-state index is 13.3. The molecule has 0 unspecified atom stereocenters.